The van der Waals surface area contributed by atoms with Crippen LogP contribution < -0.4 is 10.1 Å². The lowest BCUT2D eigenvalue weighted by Gasteiger charge is -2.15. The molecule has 0 saturated carbocycles. The second-order valence-corrected chi connectivity index (χ2v) is 8.37. The third kappa shape index (κ3) is 6.36. The van der Waals surface area contributed by atoms with E-state index in [1.54, 1.807) is 12.1 Å². The van der Waals surface area contributed by atoms with Crippen LogP contribution in [0.4, 0.5) is 0 Å². The number of nitrogens with one attached hydrogen (secondary N) is 1. The molecule has 0 bridgehead atoms. The average Bonchev–Trinajstić information content (AvgIpc) is 2.89. The van der Waals surface area contributed by atoms with Crippen LogP contribution >= 0.6 is 0 Å². The van der Waals surface area contributed by atoms with Crippen LogP contribution in [0.5, 0.6) is 5.75 Å². The van der Waals surface area contributed by atoms with E-state index in [0.717, 1.165) is 28.0 Å². The Kier molecular flexibility index (Phi) is 7.58. The summed E-state index contributed by atoms with van der Waals surface area (Å²) in [7, 11) is 0. The van der Waals surface area contributed by atoms with Crippen LogP contribution in [0, 0.1) is 6.92 Å². The van der Waals surface area contributed by atoms with Gasteiger partial charge in [-0.1, -0.05) is 78.9 Å². The lowest BCUT2D eigenvalue weighted by atomic mass is 10.0. The van der Waals surface area contributed by atoms with Gasteiger partial charge in [0.05, 0.1) is 0 Å². The fourth-order valence-electron chi connectivity index (χ4n) is 3.78. The van der Waals surface area contributed by atoms with Gasteiger partial charge >= 0.3 is 5.97 Å². The highest BCUT2D eigenvalue weighted by atomic mass is 16.5. The standard InChI is InChI=1S/C30H27NO4/c1-21-7-5-6-10-26(21)20-35-27-17-15-24(16-18-27)23-11-13-25(14-12-23)29(32)31-28(30(33)34)19-22-8-3-2-4-9-22/h2-18,28H,19-20H2,1H3,(H,31,32)(H,33,34). The number of rotatable bonds is 9. The van der Waals surface area contributed by atoms with E-state index in [2.05, 4.69) is 24.4 Å². The van der Waals surface area contributed by atoms with E-state index in [4.69, 9.17) is 4.74 Å². The third-order valence-corrected chi connectivity index (χ3v) is 5.88. The molecule has 0 spiro atoms. The molecule has 35 heavy (non-hydrogen) atoms. The van der Waals surface area contributed by atoms with E-state index in [-0.39, 0.29) is 6.42 Å². The molecular weight excluding hydrogens is 438 g/mol. The number of ether oxygens (including phenoxy) is 1. The number of aryl methyl sites for hydroxylation is 1. The van der Waals surface area contributed by atoms with Crippen molar-refractivity contribution in [2.24, 2.45) is 0 Å². The minimum absolute atomic E-state index is 0.220. The molecule has 1 unspecified atom stereocenters. The zero-order valence-corrected chi connectivity index (χ0v) is 19.5. The molecule has 176 valence electrons. The minimum atomic E-state index is -1.07. The van der Waals surface area contributed by atoms with E-state index in [1.807, 2.05) is 78.9 Å². The van der Waals surface area contributed by atoms with E-state index in [1.165, 1.54) is 5.56 Å². The van der Waals surface area contributed by atoms with Gasteiger partial charge < -0.3 is 15.2 Å². The largest absolute Gasteiger partial charge is 0.489 e. The molecule has 0 fully saturated rings. The maximum atomic E-state index is 12.7. The molecule has 0 saturated heterocycles. The Morgan fingerprint density at radius 3 is 2.03 bits per heavy atom. The third-order valence-electron chi connectivity index (χ3n) is 5.88. The van der Waals surface area contributed by atoms with Crippen molar-refractivity contribution in [2.45, 2.75) is 26.0 Å². The van der Waals surface area contributed by atoms with Crippen LogP contribution in [0.15, 0.2) is 103 Å². The summed E-state index contributed by atoms with van der Waals surface area (Å²) in [5.74, 6) is -0.700. The predicted octanol–water partition coefficient (Wildman–Crippen LogP) is 5.67. The molecule has 4 rings (SSSR count). The summed E-state index contributed by atoms with van der Waals surface area (Å²) in [6.07, 6.45) is 0.220. The highest BCUT2D eigenvalue weighted by molar-refractivity contribution is 5.97. The lowest BCUT2D eigenvalue weighted by Crippen LogP contribution is -2.42. The molecule has 1 atom stereocenters. The minimum Gasteiger partial charge on any atom is -0.489 e. The smallest absolute Gasteiger partial charge is 0.326 e. The molecule has 5 nitrogen and oxygen atoms in total. The van der Waals surface area contributed by atoms with Gasteiger partial charge in [-0.2, -0.15) is 0 Å². The van der Waals surface area contributed by atoms with Gasteiger partial charge in [-0.15, -0.1) is 0 Å². The second-order valence-electron chi connectivity index (χ2n) is 8.37. The van der Waals surface area contributed by atoms with Crippen molar-refractivity contribution in [3.8, 4) is 16.9 Å². The molecule has 0 radical (unpaired) electrons. The van der Waals surface area contributed by atoms with Gasteiger partial charge in [0.25, 0.3) is 5.91 Å². The van der Waals surface area contributed by atoms with Crippen LogP contribution in [0.1, 0.15) is 27.0 Å². The summed E-state index contributed by atoms with van der Waals surface area (Å²) < 4.78 is 5.91. The lowest BCUT2D eigenvalue weighted by molar-refractivity contribution is -0.139. The Bertz CT molecular complexity index is 1280. The first-order valence-electron chi connectivity index (χ1n) is 11.4. The molecule has 0 aliphatic rings. The SMILES string of the molecule is Cc1ccccc1COc1ccc(-c2ccc(C(=O)NC(Cc3ccccc3)C(=O)O)cc2)cc1. The zero-order valence-electron chi connectivity index (χ0n) is 19.5. The first-order valence-corrected chi connectivity index (χ1v) is 11.4. The first kappa shape index (κ1) is 23.8. The van der Waals surface area contributed by atoms with Crippen LogP contribution in [-0.2, 0) is 17.8 Å². The molecule has 1 amide bonds. The number of aliphatic carboxylic acids is 1. The quantitative estimate of drug-likeness (QED) is 0.334. The topological polar surface area (TPSA) is 75.6 Å². The fourth-order valence-corrected chi connectivity index (χ4v) is 3.78. The molecule has 4 aromatic rings. The van der Waals surface area contributed by atoms with E-state index in [9.17, 15) is 14.7 Å². The van der Waals surface area contributed by atoms with E-state index < -0.39 is 17.9 Å². The molecule has 4 aromatic carbocycles. The van der Waals surface area contributed by atoms with Gasteiger partial charge in [0, 0.05) is 12.0 Å². The summed E-state index contributed by atoms with van der Waals surface area (Å²) in [6.45, 7) is 2.58. The highest BCUT2D eigenvalue weighted by Gasteiger charge is 2.21. The van der Waals surface area contributed by atoms with Crippen LogP contribution in [0.25, 0.3) is 11.1 Å². The molecule has 2 N–H and O–H groups in total. The summed E-state index contributed by atoms with van der Waals surface area (Å²) in [4.78, 5) is 24.3. The van der Waals surface area contributed by atoms with Gasteiger partial charge in [0.15, 0.2) is 0 Å². The molecule has 0 aliphatic heterocycles. The van der Waals surface area contributed by atoms with Crippen molar-refractivity contribution < 1.29 is 19.4 Å². The molecule has 0 heterocycles. The predicted molar refractivity (Wildman–Crippen MR) is 136 cm³/mol. The van der Waals surface area contributed by atoms with Crippen molar-refractivity contribution >= 4 is 11.9 Å². The van der Waals surface area contributed by atoms with Gasteiger partial charge in [-0.3, -0.25) is 4.79 Å². The molecule has 0 aromatic heterocycles. The number of hydrogen-bond acceptors (Lipinski definition) is 3. The van der Waals surface area contributed by atoms with Gasteiger partial charge in [0.1, 0.15) is 18.4 Å². The number of hydrogen-bond donors (Lipinski definition) is 2. The van der Waals surface area contributed by atoms with Gasteiger partial charge in [0.2, 0.25) is 0 Å². The summed E-state index contributed by atoms with van der Waals surface area (Å²) in [5, 5.41) is 12.2. The Morgan fingerprint density at radius 2 is 1.40 bits per heavy atom. The van der Waals surface area contributed by atoms with Crippen LogP contribution in [0.3, 0.4) is 0 Å². The van der Waals surface area contributed by atoms with Crippen LogP contribution in [-0.4, -0.2) is 23.0 Å². The Labute approximate surface area is 205 Å². The summed E-state index contributed by atoms with van der Waals surface area (Å²) >= 11 is 0. The Hall–Kier alpha value is -4.38. The normalized spacial score (nSPS) is 11.5. The number of benzene rings is 4. The second kappa shape index (κ2) is 11.2. The summed E-state index contributed by atoms with van der Waals surface area (Å²) in [5.41, 5.74) is 5.55. The van der Waals surface area contributed by atoms with E-state index in [0.29, 0.717) is 12.2 Å². The van der Waals surface area contributed by atoms with Gasteiger partial charge in [-0.05, 0) is 59.0 Å². The van der Waals surface area contributed by atoms with Crippen LogP contribution in [0.2, 0.25) is 0 Å². The number of carbonyl (C=O) groups excluding carboxylic acids is 1. The Balaban J connectivity index is 1.37. The number of carbonyl (C=O) groups is 2. The van der Waals surface area contributed by atoms with Crippen molar-refractivity contribution in [1.29, 1.82) is 0 Å². The highest BCUT2D eigenvalue weighted by Crippen LogP contribution is 2.24. The zero-order chi connectivity index (χ0) is 24.6. The number of amides is 1. The van der Waals surface area contributed by atoms with Crippen molar-refractivity contribution in [1.82, 2.24) is 5.32 Å². The maximum absolute atomic E-state index is 12.7. The molecular formula is C30H27NO4. The molecule has 5 heteroatoms. The van der Waals surface area contributed by atoms with Crippen molar-refractivity contribution in [3.63, 3.8) is 0 Å². The average molecular weight is 466 g/mol. The maximum Gasteiger partial charge on any atom is 0.326 e. The fraction of sp³-hybridized carbons (Fsp3) is 0.133. The first-order chi connectivity index (χ1) is 17.0. The van der Waals surface area contributed by atoms with Gasteiger partial charge in [-0.25, -0.2) is 4.79 Å². The Morgan fingerprint density at radius 1 is 0.800 bits per heavy atom. The van der Waals surface area contributed by atoms with E-state index >= 15 is 0 Å². The summed E-state index contributed by atoms with van der Waals surface area (Å²) in [6, 6.07) is 31.3. The number of carboxylic acid groups (broad SMARTS) is 1. The van der Waals surface area contributed by atoms with Crippen molar-refractivity contribution in [2.75, 3.05) is 0 Å². The monoisotopic (exact) mass is 465 g/mol. The van der Waals surface area contributed by atoms with Crippen molar-refractivity contribution in [3.05, 3.63) is 125 Å². The molecule has 0 aliphatic carbocycles. The number of carboxylic acids is 1.